The number of benzene rings is 3. The van der Waals surface area contributed by atoms with Crippen molar-refractivity contribution in [2.45, 2.75) is 45.3 Å². The van der Waals surface area contributed by atoms with E-state index in [0.717, 1.165) is 29.7 Å². The van der Waals surface area contributed by atoms with Crippen LogP contribution in [-0.2, 0) is 17.8 Å². The third kappa shape index (κ3) is 5.57. The molecule has 0 aliphatic carbocycles. The predicted molar refractivity (Wildman–Crippen MR) is 141 cm³/mol. The topological polar surface area (TPSA) is 64.0 Å². The van der Waals surface area contributed by atoms with Crippen LogP contribution >= 0.6 is 11.8 Å². The van der Waals surface area contributed by atoms with Gasteiger partial charge in [-0.1, -0.05) is 71.9 Å². The minimum absolute atomic E-state index is 0.0632. The summed E-state index contributed by atoms with van der Waals surface area (Å²) in [6.07, 6.45) is 1.68. The Bertz CT molecular complexity index is 1360. The standard InChI is InChI=1S/C28H29N3O2S/c1-19-16-20(2)26(21(3)17-19)30-25(32)18-34-28-29-24-14-8-7-13-23(24)27(33)31(28)15-9-12-22-10-5-4-6-11-22/h4-8,10-11,13-14,16-17H,9,12,15,18H2,1-3H3,(H,30,32). The first-order valence-electron chi connectivity index (χ1n) is 11.5. The van der Waals surface area contributed by atoms with E-state index in [-0.39, 0.29) is 17.2 Å². The number of aromatic nitrogens is 2. The Kier molecular flexibility index (Phi) is 7.48. The maximum atomic E-state index is 13.3. The molecule has 0 spiro atoms. The molecular formula is C28H29N3O2S. The quantitative estimate of drug-likeness (QED) is 0.265. The maximum absolute atomic E-state index is 13.3. The number of para-hydroxylation sites is 1. The smallest absolute Gasteiger partial charge is 0.262 e. The summed E-state index contributed by atoms with van der Waals surface area (Å²) in [4.78, 5) is 30.8. The molecule has 174 valence electrons. The molecule has 0 bridgehead atoms. The van der Waals surface area contributed by atoms with Gasteiger partial charge in [-0.15, -0.1) is 0 Å². The highest BCUT2D eigenvalue weighted by atomic mass is 32.2. The molecule has 1 N–H and O–H groups in total. The number of nitrogens with zero attached hydrogens (tertiary/aromatic N) is 2. The van der Waals surface area contributed by atoms with E-state index in [1.807, 2.05) is 63.2 Å². The summed E-state index contributed by atoms with van der Waals surface area (Å²) in [7, 11) is 0. The van der Waals surface area contributed by atoms with Crippen molar-refractivity contribution in [3.05, 3.63) is 99.3 Å². The van der Waals surface area contributed by atoms with Crippen molar-refractivity contribution in [2.75, 3.05) is 11.1 Å². The van der Waals surface area contributed by atoms with Gasteiger partial charge in [0.25, 0.3) is 5.56 Å². The number of carbonyl (C=O) groups excluding carboxylic acids is 1. The molecule has 5 nitrogen and oxygen atoms in total. The van der Waals surface area contributed by atoms with Crippen LogP contribution in [0.1, 0.15) is 28.7 Å². The largest absolute Gasteiger partial charge is 0.325 e. The minimum Gasteiger partial charge on any atom is -0.325 e. The molecule has 1 heterocycles. The fraction of sp³-hybridized carbons (Fsp3) is 0.250. The third-order valence-electron chi connectivity index (χ3n) is 5.79. The molecule has 1 aromatic heterocycles. The molecule has 0 aliphatic rings. The van der Waals surface area contributed by atoms with Gasteiger partial charge in [-0.25, -0.2) is 4.98 Å². The maximum Gasteiger partial charge on any atom is 0.262 e. The number of aryl methyl sites for hydroxylation is 4. The van der Waals surface area contributed by atoms with Gasteiger partial charge < -0.3 is 5.32 Å². The SMILES string of the molecule is Cc1cc(C)c(NC(=O)CSc2nc3ccccc3c(=O)n2CCCc2ccccc2)c(C)c1. The summed E-state index contributed by atoms with van der Waals surface area (Å²) in [5.74, 6) is 0.0641. The molecule has 0 saturated heterocycles. The van der Waals surface area contributed by atoms with Gasteiger partial charge in [0.2, 0.25) is 5.91 Å². The zero-order valence-electron chi connectivity index (χ0n) is 19.8. The van der Waals surface area contributed by atoms with E-state index < -0.39 is 0 Å². The fourth-order valence-electron chi connectivity index (χ4n) is 4.22. The number of hydrogen-bond acceptors (Lipinski definition) is 4. The van der Waals surface area contributed by atoms with Crippen LogP contribution in [0.4, 0.5) is 5.69 Å². The van der Waals surface area contributed by atoms with Crippen molar-refractivity contribution in [2.24, 2.45) is 0 Å². The average Bonchev–Trinajstić information content (AvgIpc) is 2.82. The summed E-state index contributed by atoms with van der Waals surface area (Å²) in [5.41, 5.74) is 5.92. The first kappa shape index (κ1) is 23.8. The molecule has 4 aromatic rings. The normalized spacial score (nSPS) is 11.0. The summed E-state index contributed by atoms with van der Waals surface area (Å²) in [6, 6.07) is 21.7. The number of anilines is 1. The lowest BCUT2D eigenvalue weighted by Crippen LogP contribution is -2.24. The minimum atomic E-state index is -0.113. The van der Waals surface area contributed by atoms with Crippen LogP contribution in [-0.4, -0.2) is 21.2 Å². The van der Waals surface area contributed by atoms with Crippen LogP contribution in [0.25, 0.3) is 10.9 Å². The Morgan fingerprint density at radius 1 is 0.971 bits per heavy atom. The molecule has 0 aliphatic heterocycles. The van der Waals surface area contributed by atoms with Gasteiger partial charge in [0.1, 0.15) is 0 Å². The van der Waals surface area contributed by atoms with Crippen LogP contribution in [0.5, 0.6) is 0 Å². The van der Waals surface area contributed by atoms with Gasteiger partial charge in [0, 0.05) is 12.2 Å². The molecule has 0 unspecified atom stereocenters. The highest BCUT2D eigenvalue weighted by Gasteiger charge is 2.14. The molecule has 0 saturated carbocycles. The van der Waals surface area contributed by atoms with E-state index in [2.05, 4.69) is 29.6 Å². The number of carbonyl (C=O) groups is 1. The molecule has 3 aromatic carbocycles. The molecule has 34 heavy (non-hydrogen) atoms. The van der Waals surface area contributed by atoms with E-state index in [0.29, 0.717) is 22.6 Å². The zero-order valence-corrected chi connectivity index (χ0v) is 20.6. The third-order valence-corrected chi connectivity index (χ3v) is 6.77. The fourth-order valence-corrected chi connectivity index (χ4v) is 5.05. The molecule has 0 radical (unpaired) electrons. The lowest BCUT2D eigenvalue weighted by molar-refractivity contribution is -0.113. The van der Waals surface area contributed by atoms with E-state index in [9.17, 15) is 9.59 Å². The van der Waals surface area contributed by atoms with Crippen molar-refractivity contribution in [3.63, 3.8) is 0 Å². The highest BCUT2D eigenvalue weighted by molar-refractivity contribution is 7.99. The second kappa shape index (κ2) is 10.7. The molecule has 0 fully saturated rings. The molecule has 4 rings (SSSR count). The second-order valence-electron chi connectivity index (χ2n) is 8.57. The van der Waals surface area contributed by atoms with E-state index in [4.69, 9.17) is 4.98 Å². The summed E-state index contributed by atoms with van der Waals surface area (Å²) in [6.45, 7) is 6.59. The zero-order chi connectivity index (χ0) is 24.1. The number of hydrogen-bond donors (Lipinski definition) is 1. The molecular weight excluding hydrogens is 442 g/mol. The molecule has 6 heteroatoms. The Balaban J connectivity index is 1.53. The van der Waals surface area contributed by atoms with Gasteiger partial charge in [0.05, 0.1) is 16.7 Å². The van der Waals surface area contributed by atoms with E-state index in [1.165, 1.54) is 22.9 Å². The summed E-state index contributed by atoms with van der Waals surface area (Å²) < 4.78 is 1.71. The van der Waals surface area contributed by atoms with Crippen LogP contribution in [0.15, 0.2) is 76.7 Å². The number of amides is 1. The Labute approximate surface area is 204 Å². The van der Waals surface area contributed by atoms with Gasteiger partial charge in [-0.05, 0) is 62.4 Å². The lowest BCUT2D eigenvalue weighted by Gasteiger charge is -2.15. The number of rotatable bonds is 8. The number of nitrogens with one attached hydrogen (secondary N) is 1. The van der Waals surface area contributed by atoms with Crippen LogP contribution in [0, 0.1) is 20.8 Å². The predicted octanol–water partition coefficient (Wildman–Crippen LogP) is 5.69. The van der Waals surface area contributed by atoms with E-state index in [1.54, 1.807) is 4.57 Å². The van der Waals surface area contributed by atoms with Crippen molar-refractivity contribution in [3.8, 4) is 0 Å². The summed E-state index contributed by atoms with van der Waals surface area (Å²) >= 11 is 1.30. The van der Waals surface area contributed by atoms with Crippen LogP contribution in [0.2, 0.25) is 0 Å². The van der Waals surface area contributed by atoms with Crippen molar-refractivity contribution >= 4 is 34.3 Å². The van der Waals surface area contributed by atoms with E-state index >= 15 is 0 Å². The van der Waals surface area contributed by atoms with Crippen molar-refractivity contribution in [1.82, 2.24) is 9.55 Å². The van der Waals surface area contributed by atoms with Crippen LogP contribution < -0.4 is 10.9 Å². The lowest BCUT2D eigenvalue weighted by atomic mass is 10.1. The number of thioether (sulfide) groups is 1. The monoisotopic (exact) mass is 471 g/mol. The Hall–Kier alpha value is -3.38. The first-order chi connectivity index (χ1) is 16.4. The van der Waals surface area contributed by atoms with Gasteiger partial charge >= 0.3 is 0 Å². The number of fused-ring (bicyclic) bond motifs is 1. The van der Waals surface area contributed by atoms with Crippen LogP contribution in [0.3, 0.4) is 0 Å². The highest BCUT2D eigenvalue weighted by Crippen LogP contribution is 2.23. The molecule has 0 atom stereocenters. The van der Waals surface area contributed by atoms with Gasteiger partial charge in [-0.2, -0.15) is 0 Å². The van der Waals surface area contributed by atoms with Gasteiger partial charge in [0.15, 0.2) is 5.16 Å². The second-order valence-corrected chi connectivity index (χ2v) is 9.51. The van der Waals surface area contributed by atoms with Gasteiger partial charge in [-0.3, -0.25) is 14.2 Å². The summed E-state index contributed by atoms with van der Waals surface area (Å²) in [5, 5.41) is 4.21. The van der Waals surface area contributed by atoms with Crippen molar-refractivity contribution in [1.29, 1.82) is 0 Å². The average molecular weight is 472 g/mol. The van der Waals surface area contributed by atoms with Crippen molar-refractivity contribution < 1.29 is 4.79 Å². The Morgan fingerprint density at radius 3 is 2.38 bits per heavy atom. The Morgan fingerprint density at radius 2 is 1.65 bits per heavy atom. The molecule has 1 amide bonds. The first-order valence-corrected chi connectivity index (χ1v) is 12.4.